The SMILES string of the molecule is CCC(OC(=O)C1(CC(C)(C)C)CC1(C)C)C(F)(F)C(=O)OC(C)(C)C. The molecule has 2 atom stereocenters. The van der Waals surface area contributed by atoms with Crippen LogP contribution in [0.1, 0.15) is 81.6 Å². The highest BCUT2D eigenvalue weighted by molar-refractivity contribution is 5.83. The second kappa shape index (κ2) is 6.75. The molecule has 0 amide bonds. The van der Waals surface area contributed by atoms with Crippen LogP contribution in [-0.4, -0.2) is 29.6 Å². The van der Waals surface area contributed by atoms with E-state index in [1.807, 2.05) is 34.6 Å². The number of ether oxygens (including phenoxy) is 2. The van der Waals surface area contributed by atoms with Gasteiger partial charge in [-0.1, -0.05) is 41.5 Å². The zero-order valence-electron chi connectivity index (χ0n) is 17.6. The first-order valence-corrected chi connectivity index (χ1v) is 9.20. The molecular formula is C20H34F2O4. The monoisotopic (exact) mass is 376 g/mol. The molecule has 0 saturated heterocycles. The lowest BCUT2D eigenvalue weighted by Crippen LogP contribution is -2.48. The predicted octanol–water partition coefficient (Wildman–Crippen LogP) is 5.14. The van der Waals surface area contributed by atoms with Gasteiger partial charge in [0.15, 0.2) is 6.10 Å². The maximum atomic E-state index is 14.6. The average molecular weight is 376 g/mol. The molecule has 26 heavy (non-hydrogen) atoms. The Balaban J connectivity index is 2.99. The first kappa shape index (κ1) is 22.8. The fourth-order valence-electron chi connectivity index (χ4n) is 3.47. The van der Waals surface area contributed by atoms with Gasteiger partial charge in [0.2, 0.25) is 0 Å². The second-order valence-electron chi connectivity index (χ2n) is 10.3. The van der Waals surface area contributed by atoms with Crippen molar-refractivity contribution in [3.05, 3.63) is 0 Å². The highest BCUT2D eigenvalue weighted by atomic mass is 19.3. The van der Waals surface area contributed by atoms with E-state index < -0.39 is 35.0 Å². The lowest BCUT2D eigenvalue weighted by Gasteiger charge is -2.31. The van der Waals surface area contributed by atoms with Crippen molar-refractivity contribution < 1.29 is 27.8 Å². The fourth-order valence-corrected chi connectivity index (χ4v) is 3.47. The molecule has 4 nitrogen and oxygen atoms in total. The number of carbonyl (C=O) groups excluding carboxylic acids is 2. The Hall–Kier alpha value is -1.20. The molecule has 0 spiro atoms. The van der Waals surface area contributed by atoms with Crippen molar-refractivity contribution in [1.82, 2.24) is 0 Å². The normalized spacial score (nSPS) is 24.0. The van der Waals surface area contributed by atoms with E-state index in [1.54, 1.807) is 0 Å². The first-order chi connectivity index (χ1) is 11.4. The fraction of sp³-hybridized carbons (Fsp3) is 0.900. The van der Waals surface area contributed by atoms with E-state index in [2.05, 4.69) is 0 Å². The zero-order valence-corrected chi connectivity index (χ0v) is 17.6. The minimum atomic E-state index is -3.89. The van der Waals surface area contributed by atoms with Gasteiger partial charge in [-0.15, -0.1) is 0 Å². The van der Waals surface area contributed by atoms with E-state index in [4.69, 9.17) is 9.47 Å². The summed E-state index contributed by atoms with van der Waals surface area (Å²) in [6.07, 6.45) is -0.882. The molecule has 1 rings (SSSR count). The molecule has 1 aliphatic carbocycles. The first-order valence-electron chi connectivity index (χ1n) is 9.20. The van der Waals surface area contributed by atoms with Crippen LogP contribution in [0.3, 0.4) is 0 Å². The summed E-state index contributed by atoms with van der Waals surface area (Å²) in [5.74, 6) is -6.20. The van der Waals surface area contributed by atoms with Crippen LogP contribution >= 0.6 is 0 Å². The second-order valence-corrected chi connectivity index (χ2v) is 10.3. The van der Waals surface area contributed by atoms with Gasteiger partial charge in [0.25, 0.3) is 0 Å². The van der Waals surface area contributed by atoms with E-state index in [0.29, 0.717) is 12.8 Å². The number of rotatable bonds is 6. The summed E-state index contributed by atoms with van der Waals surface area (Å²) >= 11 is 0. The Morgan fingerprint density at radius 1 is 1.08 bits per heavy atom. The number of carbonyl (C=O) groups is 2. The van der Waals surface area contributed by atoms with Crippen LogP contribution in [0, 0.1) is 16.2 Å². The van der Waals surface area contributed by atoms with Crippen molar-refractivity contribution in [1.29, 1.82) is 0 Å². The number of halogens is 2. The number of hydrogen-bond donors (Lipinski definition) is 0. The molecule has 1 fully saturated rings. The summed E-state index contributed by atoms with van der Waals surface area (Å²) in [4.78, 5) is 24.8. The van der Waals surface area contributed by atoms with Gasteiger partial charge in [-0.2, -0.15) is 8.78 Å². The molecule has 0 radical (unpaired) electrons. The molecule has 6 heteroatoms. The van der Waals surface area contributed by atoms with E-state index in [1.165, 1.54) is 27.7 Å². The molecule has 0 aliphatic heterocycles. The molecule has 152 valence electrons. The average Bonchev–Trinajstić information content (AvgIpc) is 2.93. The largest absolute Gasteiger partial charge is 0.455 e. The summed E-state index contributed by atoms with van der Waals surface area (Å²) in [6, 6.07) is 0. The molecule has 2 unspecified atom stereocenters. The van der Waals surface area contributed by atoms with E-state index in [-0.39, 0.29) is 17.3 Å². The Morgan fingerprint density at radius 2 is 1.54 bits per heavy atom. The molecule has 1 aliphatic rings. The van der Waals surface area contributed by atoms with Gasteiger partial charge in [0, 0.05) is 0 Å². The molecule has 0 aromatic carbocycles. The maximum Gasteiger partial charge on any atom is 0.381 e. The lowest BCUT2D eigenvalue weighted by molar-refractivity contribution is -0.209. The van der Waals surface area contributed by atoms with Gasteiger partial charge in [0.05, 0.1) is 5.41 Å². The summed E-state index contributed by atoms with van der Waals surface area (Å²) < 4.78 is 39.1. The van der Waals surface area contributed by atoms with Crippen LogP contribution < -0.4 is 0 Å². The van der Waals surface area contributed by atoms with Crippen molar-refractivity contribution in [2.24, 2.45) is 16.2 Å². The highest BCUT2D eigenvalue weighted by Gasteiger charge is 2.68. The van der Waals surface area contributed by atoms with Crippen LogP contribution in [0.5, 0.6) is 0 Å². The molecular weight excluding hydrogens is 342 g/mol. The smallest absolute Gasteiger partial charge is 0.381 e. The Morgan fingerprint density at radius 3 is 1.85 bits per heavy atom. The van der Waals surface area contributed by atoms with Crippen LogP contribution in [0.25, 0.3) is 0 Å². The molecule has 0 heterocycles. The predicted molar refractivity (Wildman–Crippen MR) is 95.9 cm³/mol. The van der Waals surface area contributed by atoms with Gasteiger partial charge in [-0.05, 0) is 50.9 Å². The van der Waals surface area contributed by atoms with Crippen molar-refractivity contribution >= 4 is 11.9 Å². The molecule has 0 bridgehead atoms. The summed E-state index contributed by atoms with van der Waals surface area (Å²) in [5.41, 5.74) is -2.30. The molecule has 0 aromatic rings. The van der Waals surface area contributed by atoms with Crippen molar-refractivity contribution in [2.45, 2.75) is 99.2 Å². The third kappa shape index (κ3) is 4.95. The van der Waals surface area contributed by atoms with E-state index in [0.717, 1.165) is 0 Å². The standard InChI is InChI=1S/C20H34F2O4/c1-10-13(20(21,22)15(24)26-17(5,6)7)25-14(23)19(11-16(2,3)4)12-18(19,8)9/h13H,10-12H2,1-9H3. The highest BCUT2D eigenvalue weighted by Crippen LogP contribution is 2.68. The van der Waals surface area contributed by atoms with Gasteiger partial charge in [-0.3, -0.25) is 4.79 Å². The molecule has 0 N–H and O–H groups in total. The van der Waals surface area contributed by atoms with Crippen LogP contribution in [0.2, 0.25) is 0 Å². The number of esters is 2. The Kier molecular flexibility index (Phi) is 5.93. The molecule has 1 saturated carbocycles. The third-order valence-corrected chi connectivity index (χ3v) is 4.83. The van der Waals surface area contributed by atoms with Gasteiger partial charge in [-0.25, -0.2) is 4.79 Å². The van der Waals surface area contributed by atoms with Crippen molar-refractivity contribution in [3.8, 4) is 0 Å². The van der Waals surface area contributed by atoms with Crippen molar-refractivity contribution in [2.75, 3.05) is 0 Å². The Bertz CT molecular complexity index is 555. The Labute approximate surface area is 156 Å². The van der Waals surface area contributed by atoms with Crippen LogP contribution in [0.4, 0.5) is 8.78 Å². The number of alkyl halides is 2. The van der Waals surface area contributed by atoms with Gasteiger partial charge < -0.3 is 9.47 Å². The van der Waals surface area contributed by atoms with E-state index >= 15 is 0 Å². The quantitative estimate of drug-likeness (QED) is 0.603. The minimum absolute atomic E-state index is 0.151. The third-order valence-electron chi connectivity index (χ3n) is 4.83. The minimum Gasteiger partial charge on any atom is -0.455 e. The zero-order chi connectivity index (χ0) is 20.8. The molecule has 0 aromatic heterocycles. The maximum absolute atomic E-state index is 14.6. The van der Waals surface area contributed by atoms with Crippen LogP contribution in [-0.2, 0) is 19.1 Å². The van der Waals surface area contributed by atoms with Crippen molar-refractivity contribution in [3.63, 3.8) is 0 Å². The van der Waals surface area contributed by atoms with Crippen LogP contribution in [0.15, 0.2) is 0 Å². The van der Waals surface area contributed by atoms with Gasteiger partial charge in [0.1, 0.15) is 5.60 Å². The topological polar surface area (TPSA) is 52.6 Å². The van der Waals surface area contributed by atoms with Gasteiger partial charge >= 0.3 is 17.9 Å². The van der Waals surface area contributed by atoms with E-state index in [9.17, 15) is 18.4 Å². The summed E-state index contributed by atoms with van der Waals surface area (Å²) in [5, 5.41) is 0. The lowest BCUT2D eigenvalue weighted by atomic mass is 9.79. The summed E-state index contributed by atoms with van der Waals surface area (Å²) in [7, 11) is 0. The summed E-state index contributed by atoms with van der Waals surface area (Å²) in [6.45, 7) is 15.9. The number of hydrogen-bond acceptors (Lipinski definition) is 4.